The first-order chi connectivity index (χ1) is 9.52. The molecular formula is C12H16F3NO4S. The maximum Gasteiger partial charge on any atom is 0.573 e. The second-order valence-corrected chi connectivity index (χ2v) is 6.53. The van der Waals surface area contributed by atoms with Crippen molar-refractivity contribution in [2.75, 3.05) is 13.6 Å². The normalized spacial score (nSPS) is 14.2. The number of nitrogens with zero attached hydrogens (tertiary/aromatic N) is 1. The molecule has 0 aromatic heterocycles. The predicted octanol–water partition coefficient (Wildman–Crippen LogP) is 1.98. The van der Waals surface area contributed by atoms with Crippen LogP contribution in [-0.2, 0) is 10.0 Å². The first kappa shape index (κ1) is 17.7. The highest BCUT2D eigenvalue weighted by Crippen LogP contribution is 2.24. The van der Waals surface area contributed by atoms with E-state index in [1.54, 1.807) is 0 Å². The quantitative estimate of drug-likeness (QED) is 0.867. The standard InChI is InChI=1S/C12H16F3NO4S/c1-9(17)7-8-16(2)21(18,19)11-5-3-10(4-6-11)20-12(13,14)15/h3-6,9,17H,7-8H2,1-2H3. The van der Waals surface area contributed by atoms with Crippen LogP contribution in [0.1, 0.15) is 13.3 Å². The molecule has 0 fully saturated rings. The molecule has 0 aliphatic carbocycles. The van der Waals surface area contributed by atoms with E-state index in [4.69, 9.17) is 5.11 Å². The van der Waals surface area contributed by atoms with Gasteiger partial charge in [0.05, 0.1) is 11.0 Å². The second kappa shape index (κ2) is 6.63. The van der Waals surface area contributed by atoms with E-state index in [9.17, 15) is 21.6 Å². The van der Waals surface area contributed by atoms with Crippen LogP contribution in [0.25, 0.3) is 0 Å². The molecule has 0 bridgehead atoms. The van der Waals surface area contributed by atoms with Gasteiger partial charge < -0.3 is 9.84 Å². The number of benzene rings is 1. The Morgan fingerprint density at radius 3 is 2.24 bits per heavy atom. The molecule has 5 nitrogen and oxygen atoms in total. The summed E-state index contributed by atoms with van der Waals surface area (Å²) in [6.07, 6.45) is -5.22. The Hall–Kier alpha value is -1.32. The summed E-state index contributed by atoms with van der Waals surface area (Å²) in [6, 6.07) is 3.94. The van der Waals surface area contributed by atoms with E-state index < -0.39 is 28.2 Å². The van der Waals surface area contributed by atoms with Gasteiger partial charge in [0.25, 0.3) is 0 Å². The van der Waals surface area contributed by atoms with Gasteiger partial charge in [-0.05, 0) is 37.6 Å². The van der Waals surface area contributed by atoms with Crippen molar-refractivity contribution >= 4 is 10.0 Å². The van der Waals surface area contributed by atoms with Gasteiger partial charge in [0.2, 0.25) is 10.0 Å². The van der Waals surface area contributed by atoms with Crippen LogP contribution < -0.4 is 4.74 Å². The topological polar surface area (TPSA) is 66.8 Å². The molecule has 0 aliphatic heterocycles. The summed E-state index contributed by atoms with van der Waals surface area (Å²) in [5.74, 6) is -0.493. The van der Waals surface area contributed by atoms with Crippen LogP contribution in [0, 0.1) is 0 Å². The van der Waals surface area contributed by atoms with E-state index in [-0.39, 0.29) is 17.9 Å². The van der Waals surface area contributed by atoms with E-state index in [0.29, 0.717) is 0 Å². The number of hydrogen-bond donors (Lipinski definition) is 1. The molecule has 1 rings (SSSR count). The molecule has 0 heterocycles. The lowest BCUT2D eigenvalue weighted by atomic mass is 10.3. The maximum atomic E-state index is 12.1. The fraction of sp³-hybridized carbons (Fsp3) is 0.500. The maximum absolute atomic E-state index is 12.1. The summed E-state index contributed by atoms with van der Waals surface area (Å²) in [7, 11) is -2.48. The number of ether oxygens (including phenoxy) is 1. The molecule has 9 heteroatoms. The van der Waals surface area contributed by atoms with Gasteiger partial charge in [-0.1, -0.05) is 0 Å². The monoisotopic (exact) mass is 327 g/mol. The number of sulfonamides is 1. The third kappa shape index (κ3) is 5.52. The molecular weight excluding hydrogens is 311 g/mol. The average molecular weight is 327 g/mol. The highest BCUT2D eigenvalue weighted by atomic mass is 32.2. The van der Waals surface area contributed by atoms with Gasteiger partial charge >= 0.3 is 6.36 Å². The molecule has 0 radical (unpaired) electrons. The van der Waals surface area contributed by atoms with Crippen LogP contribution in [0.5, 0.6) is 5.75 Å². The van der Waals surface area contributed by atoms with Crippen LogP contribution in [-0.4, -0.2) is 43.9 Å². The molecule has 0 saturated heterocycles. The Kier molecular flexibility index (Phi) is 5.60. The Bertz CT molecular complexity index is 555. The molecule has 0 spiro atoms. The number of alkyl halides is 3. The summed E-state index contributed by atoms with van der Waals surface area (Å²) in [4.78, 5) is -0.148. The van der Waals surface area contributed by atoms with Crippen molar-refractivity contribution in [3.05, 3.63) is 24.3 Å². The minimum absolute atomic E-state index is 0.0980. The molecule has 0 saturated carbocycles. The van der Waals surface area contributed by atoms with Crippen molar-refractivity contribution in [3.8, 4) is 5.75 Å². The smallest absolute Gasteiger partial charge is 0.406 e. The van der Waals surface area contributed by atoms with Gasteiger partial charge in [0, 0.05) is 13.6 Å². The summed E-state index contributed by atoms with van der Waals surface area (Å²) in [5.41, 5.74) is 0. The van der Waals surface area contributed by atoms with Crippen LogP contribution in [0.3, 0.4) is 0 Å². The van der Waals surface area contributed by atoms with Gasteiger partial charge in [-0.3, -0.25) is 0 Å². The van der Waals surface area contributed by atoms with E-state index in [0.717, 1.165) is 28.6 Å². The number of hydrogen-bond acceptors (Lipinski definition) is 4. The molecule has 1 unspecified atom stereocenters. The van der Waals surface area contributed by atoms with Crippen molar-refractivity contribution in [2.45, 2.75) is 30.7 Å². The van der Waals surface area contributed by atoms with Crippen molar-refractivity contribution < 1.29 is 31.4 Å². The first-order valence-corrected chi connectivity index (χ1v) is 7.46. The van der Waals surface area contributed by atoms with Gasteiger partial charge in [-0.25, -0.2) is 12.7 Å². The van der Waals surface area contributed by atoms with Crippen molar-refractivity contribution in [1.29, 1.82) is 0 Å². The first-order valence-electron chi connectivity index (χ1n) is 6.02. The molecule has 1 aromatic carbocycles. The number of aliphatic hydroxyl groups excluding tert-OH is 1. The lowest BCUT2D eigenvalue weighted by molar-refractivity contribution is -0.274. The Labute approximate surface area is 121 Å². The van der Waals surface area contributed by atoms with Crippen molar-refractivity contribution in [1.82, 2.24) is 4.31 Å². The largest absolute Gasteiger partial charge is 0.573 e. The summed E-state index contributed by atoms with van der Waals surface area (Å²) >= 11 is 0. The van der Waals surface area contributed by atoms with Crippen LogP contribution in [0.15, 0.2) is 29.2 Å². The van der Waals surface area contributed by atoms with Crippen LogP contribution in [0.2, 0.25) is 0 Å². The number of rotatable bonds is 6. The third-order valence-electron chi connectivity index (χ3n) is 2.63. The number of aliphatic hydroxyl groups is 1. The Balaban J connectivity index is 2.84. The predicted molar refractivity (Wildman–Crippen MR) is 69.2 cm³/mol. The average Bonchev–Trinajstić information content (AvgIpc) is 2.34. The molecule has 1 N–H and O–H groups in total. The Morgan fingerprint density at radius 2 is 1.81 bits per heavy atom. The highest BCUT2D eigenvalue weighted by Gasteiger charge is 2.31. The minimum atomic E-state index is -4.82. The van der Waals surface area contributed by atoms with E-state index in [2.05, 4.69) is 4.74 Å². The van der Waals surface area contributed by atoms with Crippen LogP contribution >= 0.6 is 0 Å². The van der Waals surface area contributed by atoms with E-state index in [1.165, 1.54) is 14.0 Å². The summed E-state index contributed by atoms with van der Waals surface area (Å²) < 4.78 is 65.0. The third-order valence-corrected chi connectivity index (χ3v) is 4.50. The van der Waals surface area contributed by atoms with Crippen LogP contribution in [0.4, 0.5) is 13.2 Å². The second-order valence-electron chi connectivity index (χ2n) is 4.48. The lowest BCUT2D eigenvalue weighted by Gasteiger charge is -2.18. The SMILES string of the molecule is CC(O)CCN(C)S(=O)(=O)c1ccc(OC(F)(F)F)cc1. The molecule has 120 valence electrons. The zero-order valence-electron chi connectivity index (χ0n) is 11.5. The fourth-order valence-electron chi connectivity index (χ4n) is 1.48. The minimum Gasteiger partial charge on any atom is -0.406 e. The zero-order valence-corrected chi connectivity index (χ0v) is 12.3. The van der Waals surface area contributed by atoms with Gasteiger partial charge in [0.15, 0.2) is 0 Å². The molecule has 0 amide bonds. The molecule has 0 aliphatic rings. The van der Waals surface area contributed by atoms with E-state index in [1.807, 2.05) is 0 Å². The Morgan fingerprint density at radius 1 is 1.29 bits per heavy atom. The zero-order chi connectivity index (χ0) is 16.3. The lowest BCUT2D eigenvalue weighted by Crippen LogP contribution is -2.29. The van der Waals surface area contributed by atoms with Crippen molar-refractivity contribution in [2.24, 2.45) is 0 Å². The fourth-order valence-corrected chi connectivity index (χ4v) is 2.67. The van der Waals surface area contributed by atoms with Gasteiger partial charge in [0.1, 0.15) is 5.75 Å². The van der Waals surface area contributed by atoms with Crippen molar-refractivity contribution in [3.63, 3.8) is 0 Å². The molecule has 1 aromatic rings. The summed E-state index contributed by atoms with van der Waals surface area (Å²) in [6.45, 7) is 1.63. The molecule has 21 heavy (non-hydrogen) atoms. The van der Waals surface area contributed by atoms with Gasteiger partial charge in [-0.15, -0.1) is 13.2 Å². The summed E-state index contributed by atoms with van der Waals surface area (Å²) in [5, 5.41) is 9.14. The van der Waals surface area contributed by atoms with E-state index >= 15 is 0 Å². The highest BCUT2D eigenvalue weighted by molar-refractivity contribution is 7.89. The number of halogens is 3. The molecule has 1 atom stereocenters. The van der Waals surface area contributed by atoms with Gasteiger partial charge in [-0.2, -0.15) is 0 Å².